The lowest BCUT2D eigenvalue weighted by molar-refractivity contribution is 0.127. The van der Waals surface area contributed by atoms with Crippen LogP contribution in [-0.4, -0.2) is 31.9 Å². The first-order valence-corrected chi connectivity index (χ1v) is 9.02. The largest absolute Gasteiger partial charge is 0.329 e. The van der Waals surface area contributed by atoms with Gasteiger partial charge in [-0.3, -0.25) is 0 Å². The molecule has 2 rings (SSSR count). The monoisotopic (exact) mass is 310 g/mol. The number of sulfonamides is 1. The fraction of sp³-hybridized carbons (Fsp3) is 0.625. The van der Waals surface area contributed by atoms with Gasteiger partial charge in [0.15, 0.2) is 0 Å². The SMILES string of the molecule is Cc1ccccc1S(=O)(=O)N(C)C1(CN)CCCC(C)C1. The van der Waals surface area contributed by atoms with Gasteiger partial charge in [0.1, 0.15) is 0 Å². The van der Waals surface area contributed by atoms with E-state index in [1.807, 2.05) is 19.1 Å². The summed E-state index contributed by atoms with van der Waals surface area (Å²) in [5.74, 6) is 0.511. The highest BCUT2D eigenvalue weighted by Gasteiger charge is 2.43. The van der Waals surface area contributed by atoms with Crippen molar-refractivity contribution in [1.29, 1.82) is 0 Å². The van der Waals surface area contributed by atoms with Gasteiger partial charge < -0.3 is 5.73 Å². The summed E-state index contributed by atoms with van der Waals surface area (Å²) in [6, 6.07) is 7.14. The van der Waals surface area contributed by atoms with E-state index in [9.17, 15) is 8.42 Å². The third kappa shape index (κ3) is 3.00. The maximum atomic E-state index is 13.0. The Bertz CT molecular complexity index is 600. The summed E-state index contributed by atoms with van der Waals surface area (Å²) in [6.07, 6.45) is 3.87. The third-order valence-corrected chi connectivity index (χ3v) is 6.97. The minimum absolute atomic E-state index is 0.374. The number of hydrogen-bond acceptors (Lipinski definition) is 3. The number of likely N-dealkylation sites (N-methyl/N-ethyl adjacent to an activating group) is 1. The fourth-order valence-electron chi connectivity index (χ4n) is 3.48. The number of benzene rings is 1. The highest BCUT2D eigenvalue weighted by Crippen LogP contribution is 2.38. The maximum absolute atomic E-state index is 13.0. The van der Waals surface area contributed by atoms with Gasteiger partial charge in [-0.2, -0.15) is 4.31 Å². The minimum Gasteiger partial charge on any atom is -0.329 e. The van der Waals surface area contributed by atoms with Crippen LogP contribution < -0.4 is 5.73 Å². The van der Waals surface area contributed by atoms with Crippen LogP contribution >= 0.6 is 0 Å². The standard InChI is InChI=1S/C16H26N2O2S/c1-13-7-6-10-16(11-13,12-17)18(3)21(19,20)15-9-5-4-8-14(15)2/h4-5,8-9,13H,6-7,10-12,17H2,1-3H3. The Hall–Kier alpha value is -0.910. The van der Waals surface area contributed by atoms with Crippen LogP contribution in [0.3, 0.4) is 0 Å². The van der Waals surface area contributed by atoms with Crippen molar-refractivity contribution in [1.82, 2.24) is 4.31 Å². The van der Waals surface area contributed by atoms with Crippen LogP contribution in [0.4, 0.5) is 0 Å². The molecule has 118 valence electrons. The molecule has 0 heterocycles. The molecule has 1 aliphatic carbocycles. The second kappa shape index (κ2) is 6.07. The molecule has 0 aromatic heterocycles. The van der Waals surface area contributed by atoms with Gasteiger partial charge in [-0.25, -0.2) is 8.42 Å². The fourth-order valence-corrected chi connectivity index (χ4v) is 5.25. The Morgan fingerprint density at radius 2 is 2.05 bits per heavy atom. The normalized spacial score (nSPS) is 27.0. The quantitative estimate of drug-likeness (QED) is 0.929. The van der Waals surface area contributed by atoms with E-state index in [1.165, 1.54) is 4.31 Å². The van der Waals surface area contributed by atoms with Crippen molar-refractivity contribution in [2.24, 2.45) is 11.7 Å². The van der Waals surface area contributed by atoms with Crippen LogP contribution in [0.15, 0.2) is 29.2 Å². The van der Waals surface area contributed by atoms with Crippen molar-refractivity contribution < 1.29 is 8.42 Å². The van der Waals surface area contributed by atoms with Crippen molar-refractivity contribution in [2.75, 3.05) is 13.6 Å². The van der Waals surface area contributed by atoms with Crippen molar-refractivity contribution in [3.63, 3.8) is 0 Å². The Labute approximate surface area is 128 Å². The molecule has 0 bridgehead atoms. The van der Waals surface area contributed by atoms with E-state index in [2.05, 4.69) is 6.92 Å². The molecule has 1 aliphatic rings. The molecule has 21 heavy (non-hydrogen) atoms. The molecule has 1 aromatic rings. The smallest absolute Gasteiger partial charge is 0.243 e. The van der Waals surface area contributed by atoms with E-state index in [0.29, 0.717) is 17.4 Å². The van der Waals surface area contributed by atoms with E-state index in [1.54, 1.807) is 19.2 Å². The summed E-state index contributed by atoms with van der Waals surface area (Å²) in [5.41, 5.74) is 6.34. The first-order chi connectivity index (χ1) is 9.83. The van der Waals surface area contributed by atoms with E-state index in [-0.39, 0.29) is 0 Å². The first-order valence-electron chi connectivity index (χ1n) is 7.58. The molecule has 0 aliphatic heterocycles. The summed E-state index contributed by atoms with van der Waals surface area (Å²) >= 11 is 0. The van der Waals surface area contributed by atoms with Crippen LogP contribution in [0, 0.1) is 12.8 Å². The van der Waals surface area contributed by atoms with Crippen molar-refractivity contribution >= 4 is 10.0 Å². The van der Waals surface area contributed by atoms with Gasteiger partial charge in [0, 0.05) is 19.1 Å². The summed E-state index contributed by atoms with van der Waals surface area (Å²) < 4.78 is 27.5. The lowest BCUT2D eigenvalue weighted by atomic mass is 9.76. The molecule has 0 radical (unpaired) electrons. The van der Waals surface area contributed by atoms with Crippen LogP contribution in [0.1, 0.15) is 38.2 Å². The Morgan fingerprint density at radius 3 is 2.62 bits per heavy atom. The van der Waals surface area contributed by atoms with E-state index >= 15 is 0 Å². The highest BCUT2D eigenvalue weighted by atomic mass is 32.2. The van der Waals surface area contributed by atoms with Gasteiger partial charge in [-0.05, 0) is 37.3 Å². The second-order valence-electron chi connectivity index (χ2n) is 6.37. The number of rotatable bonds is 4. The molecule has 1 aromatic carbocycles. The third-order valence-electron chi connectivity index (χ3n) is 4.85. The van der Waals surface area contributed by atoms with E-state index < -0.39 is 15.6 Å². The topological polar surface area (TPSA) is 63.4 Å². The molecule has 1 fully saturated rings. The molecular weight excluding hydrogens is 284 g/mol. The van der Waals surface area contributed by atoms with Gasteiger partial charge >= 0.3 is 0 Å². The van der Waals surface area contributed by atoms with Crippen molar-refractivity contribution in [3.05, 3.63) is 29.8 Å². The molecule has 2 unspecified atom stereocenters. The highest BCUT2D eigenvalue weighted by molar-refractivity contribution is 7.89. The minimum atomic E-state index is -3.51. The lowest BCUT2D eigenvalue weighted by Crippen LogP contribution is -2.56. The van der Waals surface area contributed by atoms with Crippen molar-refractivity contribution in [3.8, 4) is 0 Å². The van der Waals surface area contributed by atoms with Gasteiger partial charge in [0.25, 0.3) is 0 Å². The molecule has 0 saturated heterocycles. The van der Waals surface area contributed by atoms with Crippen LogP contribution in [0.25, 0.3) is 0 Å². The first kappa shape index (κ1) is 16.5. The molecule has 0 amide bonds. The number of nitrogens with two attached hydrogens (primary N) is 1. The second-order valence-corrected chi connectivity index (χ2v) is 8.31. The van der Waals surface area contributed by atoms with E-state index in [4.69, 9.17) is 5.73 Å². The van der Waals surface area contributed by atoms with Crippen LogP contribution in [-0.2, 0) is 10.0 Å². The van der Waals surface area contributed by atoms with Gasteiger partial charge in [0.2, 0.25) is 10.0 Å². The molecule has 2 atom stereocenters. The zero-order valence-electron chi connectivity index (χ0n) is 13.2. The van der Waals surface area contributed by atoms with Crippen molar-refractivity contribution in [2.45, 2.75) is 50.0 Å². The summed E-state index contributed by atoms with van der Waals surface area (Å²) in [7, 11) is -1.82. The maximum Gasteiger partial charge on any atom is 0.243 e. The zero-order chi connectivity index (χ0) is 15.7. The number of hydrogen-bond donors (Lipinski definition) is 1. The molecule has 5 heteroatoms. The summed E-state index contributed by atoms with van der Waals surface area (Å²) in [5, 5.41) is 0. The molecular formula is C16H26N2O2S. The van der Waals surface area contributed by atoms with Crippen LogP contribution in [0.5, 0.6) is 0 Å². The Balaban J connectivity index is 2.41. The van der Waals surface area contributed by atoms with Gasteiger partial charge in [-0.1, -0.05) is 38.0 Å². The average molecular weight is 310 g/mol. The Morgan fingerprint density at radius 1 is 1.38 bits per heavy atom. The van der Waals surface area contributed by atoms with E-state index in [0.717, 1.165) is 31.2 Å². The average Bonchev–Trinajstić information content (AvgIpc) is 2.46. The number of nitrogens with zero attached hydrogens (tertiary/aromatic N) is 1. The predicted molar refractivity (Wildman–Crippen MR) is 85.5 cm³/mol. The van der Waals surface area contributed by atoms with Gasteiger partial charge in [0.05, 0.1) is 4.90 Å². The van der Waals surface area contributed by atoms with Gasteiger partial charge in [-0.15, -0.1) is 0 Å². The number of aryl methyl sites for hydroxylation is 1. The van der Waals surface area contributed by atoms with Crippen LogP contribution in [0.2, 0.25) is 0 Å². The molecule has 4 nitrogen and oxygen atoms in total. The summed E-state index contributed by atoms with van der Waals surface area (Å²) in [6.45, 7) is 4.39. The predicted octanol–water partition coefficient (Wildman–Crippen LogP) is 2.52. The lowest BCUT2D eigenvalue weighted by Gasteiger charge is -2.45. The molecule has 1 saturated carbocycles. The molecule has 0 spiro atoms. The zero-order valence-corrected chi connectivity index (χ0v) is 14.0. The Kier molecular flexibility index (Phi) is 4.76. The molecule has 2 N–H and O–H groups in total. The summed E-state index contributed by atoms with van der Waals surface area (Å²) in [4.78, 5) is 0.388.